The van der Waals surface area contributed by atoms with Crippen LogP contribution in [0, 0.1) is 12.7 Å². The summed E-state index contributed by atoms with van der Waals surface area (Å²) < 4.78 is 38.3. The average Bonchev–Trinajstić information content (AvgIpc) is 2.43. The number of benzene rings is 1. The predicted octanol–water partition coefficient (Wildman–Crippen LogP) is 4.29. The molecule has 4 heteroatoms. The van der Waals surface area contributed by atoms with Crippen molar-refractivity contribution in [2.45, 2.75) is 13.3 Å². The molecule has 74 valence electrons. The van der Waals surface area contributed by atoms with Crippen LogP contribution in [0.15, 0.2) is 18.2 Å². The summed E-state index contributed by atoms with van der Waals surface area (Å²) in [5.74, 6) is -0.389. The number of aryl methyl sites for hydroxylation is 1. The van der Waals surface area contributed by atoms with Crippen LogP contribution < -0.4 is 0 Å². The van der Waals surface area contributed by atoms with Crippen molar-refractivity contribution in [2.75, 3.05) is 0 Å². The van der Waals surface area contributed by atoms with Crippen molar-refractivity contribution >= 4 is 21.4 Å². The molecule has 0 saturated carbocycles. The Labute approximate surface area is 83.0 Å². The highest BCUT2D eigenvalue weighted by Gasteiger charge is 2.16. The molecule has 0 aliphatic rings. The van der Waals surface area contributed by atoms with E-state index in [-0.39, 0.29) is 10.7 Å². The van der Waals surface area contributed by atoms with E-state index in [1.165, 1.54) is 12.1 Å². The van der Waals surface area contributed by atoms with Gasteiger partial charge in [0.1, 0.15) is 5.82 Å². The molecule has 1 aromatic heterocycles. The maximum atomic E-state index is 12.8. The molecule has 2 rings (SSSR count). The maximum Gasteiger partial charge on any atom is 0.273 e. The van der Waals surface area contributed by atoms with Gasteiger partial charge in [-0.3, -0.25) is 0 Å². The fourth-order valence-corrected chi connectivity index (χ4v) is 2.52. The van der Waals surface area contributed by atoms with Crippen molar-refractivity contribution in [1.82, 2.24) is 0 Å². The molecule has 0 fully saturated rings. The molecule has 0 aliphatic heterocycles. The van der Waals surface area contributed by atoms with Gasteiger partial charge in [0.15, 0.2) is 0 Å². The van der Waals surface area contributed by atoms with Crippen LogP contribution in [0.1, 0.15) is 16.9 Å². The first-order valence-corrected chi connectivity index (χ1v) is 4.88. The van der Waals surface area contributed by atoms with Crippen molar-refractivity contribution in [2.24, 2.45) is 0 Å². The second-order valence-corrected chi connectivity index (χ2v) is 4.12. The van der Waals surface area contributed by atoms with Crippen LogP contribution in [-0.2, 0) is 0 Å². The highest BCUT2D eigenvalue weighted by Crippen LogP contribution is 2.36. The quantitative estimate of drug-likeness (QED) is 0.667. The van der Waals surface area contributed by atoms with Gasteiger partial charge in [0.2, 0.25) is 0 Å². The number of hydrogen-bond donors (Lipinski definition) is 0. The Morgan fingerprint density at radius 2 is 2.00 bits per heavy atom. The SMILES string of the molecule is Cc1c(C(F)F)sc2cc(F)ccc12. The topological polar surface area (TPSA) is 0 Å². The zero-order chi connectivity index (χ0) is 10.3. The molecule has 0 nitrogen and oxygen atoms in total. The van der Waals surface area contributed by atoms with E-state index < -0.39 is 6.43 Å². The normalized spacial score (nSPS) is 11.5. The minimum absolute atomic E-state index is 0.0330. The Kier molecular flexibility index (Phi) is 2.23. The summed E-state index contributed by atoms with van der Waals surface area (Å²) in [4.78, 5) is 0.0330. The first-order chi connectivity index (χ1) is 6.59. The Bertz CT molecular complexity index is 473. The third kappa shape index (κ3) is 1.39. The summed E-state index contributed by atoms with van der Waals surface area (Å²) in [5, 5.41) is 0.715. The number of alkyl halides is 2. The molecule has 0 unspecified atom stereocenters. The summed E-state index contributed by atoms with van der Waals surface area (Å²) in [6.07, 6.45) is -2.48. The highest BCUT2D eigenvalue weighted by molar-refractivity contribution is 7.19. The maximum absolute atomic E-state index is 12.8. The Morgan fingerprint density at radius 1 is 1.29 bits per heavy atom. The fraction of sp³-hybridized carbons (Fsp3) is 0.200. The van der Waals surface area contributed by atoms with Gasteiger partial charge in [-0.25, -0.2) is 13.2 Å². The van der Waals surface area contributed by atoms with E-state index in [2.05, 4.69) is 0 Å². The fourth-order valence-electron chi connectivity index (χ4n) is 1.43. The van der Waals surface area contributed by atoms with E-state index in [0.29, 0.717) is 15.6 Å². The van der Waals surface area contributed by atoms with Gasteiger partial charge < -0.3 is 0 Å². The summed E-state index contributed by atoms with van der Waals surface area (Å²) in [7, 11) is 0. The van der Waals surface area contributed by atoms with Crippen LogP contribution >= 0.6 is 11.3 Å². The molecule has 0 amide bonds. The lowest BCUT2D eigenvalue weighted by atomic mass is 10.1. The number of thiophene rings is 1. The largest absolute Gasteiger partial charge is 0.273 e. The van der Waals surface area contributed by atoms with Crippen LogP contribution in [0.4, 0.5) is 13.2 Å². The Hall–Kier alpha value is -1.03. The molecule has 0 aliphatic carbocycles. The summed E-state index contributed by atoms with van der Waals surface area (Å²) in [6.45, 7) is 1.64. The Morgan fingerprint density at radius 3 is 2.64 bits per heavy atom. The van der Waals surface area contributed by atoms with Gasteiger partial charge in [-0.15, -0.1) is 11.3 Å². The van der Waals surface area contributed by atoms with Crippen molar-refractivity contribution in [3.8, 4) is 0 Å². The van der Waals surface area contributed by atoms with E-state index >= 15 is 0 Å². The van der Waals surface area contributed by atoms with Gasteiger partial charge in [0.05, 0.1) is 4.88 Å². The van der Waals surface area contributed by atoms with E-state index in [4.69, 9.17) is 0 Å². The van der Waals surface area contributed by atoms with E-state index in [1.54, 1.807) is 13.0 Å². The zero-order valence-corrected chi connectivity index (χ0v) is 8.17. The third-order valence-electron chi connectivity index (χ3n) is 2.14. The second-order valence-electron chi connectivity index (χ2n) is 3.03. The van der Waals surface area contributed by atoms with E-state index in [1.807, 2.05) is 0 Å². The van der Waals surface area contributed by atoms with Crippen LogP contribution in [0.2, 0.25) is 0 Å². The van der Waals surface area contributed by atoms with Crippen molar-refractivity contribution in [1.29, 1.82) is 0 Å². The van der Waals surface area contributed by atoms with Gasteiger partial charge >= 0.3 is 0 Å². The third-order valence-corrected chi connectivity index (χ3v) is 3.40. The van der Waals surface area contributed by atoms with Gasteiger partial charge in [0.25, 0.3) is 6.43 Å². The lowest BCUT2D eigenvalue weighted by molar-refractivity contribution is 0.155. The van der Waals surface area contributed by atoms with Gasteiger partial charge in [-0.05, 0) is 30.0 Å². The first-order valence-electron chi connectivity index (χ1n) is 4.06. The zero-order valence-electron chi connectivity index (χ0n) is 7.35. The van der Waals surface area contributed by atoms with Gasteiger partial charge in [0, 0.05) is 4.70 Å². The van der Waals surface area contributed by atoms with Crippen LogP contribution in [-0.4, -0.2) is 0 Å². The predicted molar refractivity (Wildman–Crippen MR) is 51.5 cm³/mol. The van der Waals surface area contributed by atoms with Crippen molar-refractivity contribution < 1.29 is 13.2 Å². The molecule has 0 spiro atoms. The van der Waals surface area contributed by atoms with Crippen LogP contribution in [0.3, 0.4) is 0 Å². The monoisotopic (exact) mass is 216 g/mol. The molecule has 1 aromatic carbocycles. The molecule has 0 radical (unpaired) electrons. The summed E-state index contributed by atoms with van der Waals surface area (Å²) >= 11 is 0.956. The van der Waals surface area contributed by atoms with Crippen LogP contribution in [0.5, 0.6) is 0 Å². The smallest absolute Gasteiger partial charge is 0.207 e. The van der Waals surface area contributed by atoms with E-state index in [0.717, 1.165) is 11.3 Å². The highest BCUT2D eigenvalue weighted by atomic mass is 32.1. The van der Waals surface area contributed by atoms with Crippen molar-refractivity contribution in [3.05, 3.63) is 34.5 Å². The molecule has 14 heavy (non-hydrogen) atoms. The minimum Gasteiger partial charge on any atom is -0.207 e. The standard InChI is InChI=1S/C10H7F3S/c1-5-7-3-2-6(11)4-8(7)14-9(5)10(12)13/h2-4,10H,1H3. The minimum atomic E-state index is -2.48. The molecule has 0 N–H and O–H groups in total. The average molecular weight is 216 g/mol. The number of halogens is 3. The number of rotatable bonds is 1. The van der Waals surface area contributed by atoms with Crippen LogP contribution in [0.25, 0.3) is 10.1 Å². The van der Waals surface area contributed by atoms with E-state index in [9.17, 15) is 13.2 Å². The Balaban J connectivity index is 2.73. The second kappa shape index (κ2) is 3.28. The first kappa shape index (κ1) is 9.52. The molecule has 2 aromatic rings. The van der Waals surface area contributed by atoms with Gasteiger partial charge in [-0.2, -0.15) is 0 Å². The number of hydrogen-bond acceptors (Lipinski definition) is 1. The molecular formula is C10H7F3S. The lowest BCUT2D eigenvalue weighted by Gasteiger charge is -1.95. The van der Waals surface area contributed by atoms with Gasteiger partial charge in [-0.1, -0.05) is 6.07 Å². The summed E-state index contributed by atoms with van der Waals surface area (Å²) in [5.41, 5.74) is 0.556. The molecule has 1 heterocycles. The molecule has 0 bridgehead atoms. The molecule has 0 saturated heterocycles. The lowest BCUT2D eigenvalue weighted by Crippen LogP contribution is -1.80. The van der Waals surface area contributed by atoms with Crippen molar-refractivity contribution in [3.63, 3.8) is 0 Å². The summed E-state index contributed by atoms with van der Waals surface area (Å²) in [6, 6.07) is 4.12. The molecule has 0 atom stereocenters. The molecular weight excluding hydrogens is 209 g/mol. The number of fused-ring (bicyclic) bond motifs is 1.